The van der Waals surface area contributed by atoms with Crippen molar-refractivity contribution in [1.29, 1.82) is 0 Å². The Morgan fingerprint density at radius 1 is 0.279 bits per heavy atom. The standard InChI is InChI=1S/C81H89B2N3/c1-44-36-67-77-68(37-44)83(76-53(10)49(6)46(3)50(7)54(76)11)66-43-60(85-71-32-26-57(80(18,19)20)40-63(71)64-41-58(81(21,22)23)27-33-72(64)85)29-35-74(66)86(77)73-34-28-59(42-65(73)82(67)75-51(8)47(4)45(2)48(5)52(75)9)84-69-30-24-55(78(12,13)14)38-61(69)62-39-56(79(15,16)17)25-31-70(62)84/h24-43H,1-23H3. The Morgan fingerprint density at radius 2 is 0.547 bits per heavy atom. The molecular formula is C81H89B2N3. The van der Waals surface area contributed by atoms with Gasteiger partial charge in [0.2, 0.25) is 13.4 Å². The third-order valence-corrected chi connectivity index (χ3v) is 21.5. The summed E-state index contributed by atoms with van der Waals surface area (Å²) in [5.74, 6) is 0. The minimum Gasteiger partial charge on any atom is -0.313 e. The quantitative estimate of drug-likeness (QED) is 0.160. The first kappa shape index (κ1) is 57.6. The van der Waals surface area contributed by atoms with Gasteiger partial charge in [0.05, 0.1) is 22.1 Å². The Hall–Kier alpha value is -7.49. The van der Waals surface area contributed by atoms with Gasteiger partial charge in [0.15, 0.2) is 0 Å². The molecule has 0 aliphatic carbocycles. The van der Waals surface area contributed by atoms with Crippen LogP contribution >= 0.6 is 0 Å². The second-order valence-electron chi connectivity index (χ2n) is 30.7. The maximum Gasteiger partial charge on any atom is 0.247 e. The molecule has 434 valence electrons. The highest BCUT2D eigenvalue weighted by atomic mass is 15.2. The minimum absolute atomic E-state index is 0.00244. The molecule has 2 aliphatic heterocycles. The lowest BCUT2D eigenvalue weighted by atomic mass is 9.29. The van der Waals surface area contributed by atoms with Crippen LogP contribution in [-0.2, 0) is 21.7 Å². The molecule has 2 aliphatic rings. The second kappa shape index (κ2) is 19.3. The van der Waals surface area contributed by atoms with Gasteiger partial charge < -0.3 is 14.0 Å². The first-order chi connectivity index (χ1) is 40.3. The molecule has 0 bridgehead atoms. The predicted molar refractivity (Wildman–Crippen MR) is 379 cm³/mol. The number of hydrogen-bond donors (Lipinski definition) is 0. The smallest absolute Gasteiger partial charge is 0.247 e. The van der Waals surface area contributed by atoms with E-state index in [1.54, 1.807) is 0 Å². The van der Waals surface area contributed by atoms with Crippen LogP contribution in [0.4, 0.5) is 17.1 Å². The van der Waals surface area contributed by atoms with Gasteiger partial charge in [-0.25, -0.2) is 0 Å². The summed E-state index contributed by atoms with van der Waals surface area (Å²) >= 11 is 0. The zero-order valence-corrected chi connectivity index (χ0v) is 56.0. The van der Waals surface area contributed by atoms with Crippen molar-refractivity contribution in [2.75, 3.05) is 4.90 Å². The Balaban J connectivity index is 1.15. The molecule has 9 aromatic carbocycles. The molecule has 0 atom stereocenters. The fraction of sp³-hybridized carbons (Fsp3) is 0.333. The molecule has 0 fully saturated rings. The van der Waals surface area contributed by atoms with Crippen molar-refractivity contribution in [3.8, 4) is 11.4 Å². The molecule has 11 aromatic rings. The predicted octanol–water partition coefficient (Wildman–Crippen LogP) is 17.6. The molecule has 0 spiro atoms. The average Bonchev–Trinajstić information content (AvgIpc) is 0.747. The Labute approximate surface area is 515 Å². The molecule has 86 heavy (non-hydrogen) atoms. The van der Waals surface area contributed by atoms with Gasteiger partial charge in [0.25, 0.3) is 0 Å². The van der Waals surface area contributed by atoms with Crippen LogP contribution in [0.15, 0.2) is 121 Å². The maximum atomic E-state index is 2.71. The molecule has 0 saturated carbocycles. The van der Waals surface area contributed by atoms with Gasteiger partial charge in [-0.15, -0.1) is 0 Å². The molecule has 0 radical (unpaired) electrons. The molecular weight excluding hydrogens is 1040 g/mol. The van der Waals surface area contributed by atoms with Crippen LogP contribution in [0.3, 0.4) is 0 Å². The lowest BCUT2D eigenvalue weighted by molar-refractivity contribution is 0.590. The molecule has 13 rings (SSSR count). The van der Waals surface area contributed by atoms with Gasteiger partial charge in [-0.05, 0) is 260 Å². The zero-order chi connectivity index (χ0) is 61.7. The van der Waals surface area contributed by atoms with E-state index < -0.39 is 0 Å². The van der Waals surface area contributed by atoms with Gasteiger partial charge in [-0.2, -0.15) is 0 Å². The number of benzene rings is 9. The summed E-state index contributed by atoms with van der Waals surface area (Å²) in [5, 5.41) is 5.23. The molecule has 0 amide bonds. The van der Waals surface area contributed by atoms with Crippen molar-refractivity contribution in [2.45, 2.75) is 181 Å². The van der Waals surface area contributed by atoms with Crippen LogP contribution in [0.25, 0.3) is 55.0 Å². The van der Waals surface area contributed by atoms with Crippen LogP contribution in [0.5, 0.6) is 0 Å². The van der Waals surface area contributed by atoms with Crippen LogP contribution < -0.4 is 37.7 Å². The van der Waals surface area contributed by atoms with E-state index in [1.807, 2.05) is 0 Å². The van der Waals surface area contributed by atoms with Crippen molar-refractivity contribution in [1.82, 2.24) is 9.13 Å². The van der Waals surface area contributed by atoms with E-state index in [9.17, 15) is 0 Å². The van der Waals surface area contributed by atoms with Crippen molar-refractivity contribution >= 4 is 107 Å². The second-order valence-corrected chi connectivity index (χ2v) is 30.7. The number of anilines is 3. The summed E-state index contributed by atoms with van der Waals surface area (Å²) in [6, 6.07) is 49.2. The summed E-state index contributed by atoms with van der Waals surface area (Å²) < 4.78 is 5.15. The summed E-state index contributed by atoms with van der Waals surface area (Å²) in [6.45, 7) is 54.0. The van der Waals surface area contributed by atoms with Crippen molar-refractivity contribution in [3.63, 3.8) is 0 Å². The summed E-state index contributed by atoms with van der Waals surface area (Å²) in [7, 11) is 0. The van der Waals surface area contributed by atoms with E-state index in [1.165, 1.54) is 188 Å². The molecule has 0 saturated heterocycles. The number of hydrogen-bond acceptors (Lipinski definition) is 1. The van der Waals surface area contributed by atoms with Crippen LogP contribution in [0.2, 0.25) is 0 Å². The summed E-state index contributed by atoms with van der Waals surface area (Å²) in [4.78, 5) is 2.71. The van der Waals surface area contributed by atoms with E-state index in [2.05, 4.69) is 295 Å². The Morgan fingerprint density at radius 3 is 0.814 bits per heavy atom. The van der Waals surface area contributed by atoms with Gasteiger partial charge >= 0.3 is 0 Å². The summed E-state index contributed by atoms with van der Waals surface area (Å²) in [5.41, 5.74) is 40.1. The highest BCUT2D eigenvalue weighted by molar-refractivity contribution is 7.02. The number of fused-ring (bicyclic) bond motifs is 10. The largest absolute Gasteiger partial charge is 0.313 e. The Kier molecular flexibility index (Phi) is 12.9. The Bertz CT molecular complexity index is 4260. The molecule has 0 N–H and O–H groups in total. The molecule has 2 aromatic heterocycles. The fourth-order valence-corrected chi connectivity index (χ4v) is 15.5. The van der Waals surface area contributed by atoms with Crippen LogP contribution in [-0.4, -0.2) is 22.6 Å². The number of nitrogens with zero attached hydrogens (tertiary/aromatic N) is 3. The average molecular weight is 1130 g/mol. The van der Waals surface area contributed by atoms with E-state index in [0.29, 0.717) is 0 Å². The van der Waals surface area contributed by atoms with Crippen molar-refractivity contribution in [3.05, 3.63) is 205 Å². The molecule has 0 unspecified atom stereocenters. The van der Waals surface area contributed by atoms with Gasteiger partial charge in [-0.1, -0.05) is 158 Å². The van der Waals surface area contributed by atoms with Crippen molar-refractivity contribution in [2.24, 2.45) is 0 Å². The minimum atomic E-state index is -0.0420. The number of rotatable bonds is 4. The molecule has 5 heteroatoms. The highest BCUT2D eigenvalue weighted by Gasteiger charge is 2.46. The van der Waals surface area contributed by atoms with E-state index in [0.717, 1.165) is 0 Å². The first-order valence-corrected chi connectivity index (χ1v) is 31.8. The van der Waals surface area contributed by atoms with Gasteiger partial charge in [0.1, 0.15) is 0 Å². The fourth-order valence-electron chi connectivity index (χ4n) is 15.5. The van der Waals surface area contributed by atoms with Gasteiger partial charge in [0, 0.05) is 50.0 Å². The van der Waals surface area contributed by atoms with Crippen molar-refractivity contribution < 1.29 is 0 Å². The maximum absolute atomic E-state index is 2.71. The van der Waals surface area contributed by atoms with Crippen LogP contribution in [0, 0.1) is 76.2 Å². The normalized spacial score (nSPS) is 13.7. The van der Waals surface area contributed by atoms with Gasteiger partial charge in [-0.3, -0.25) is 0 Å². The third-order valence-electron chi connectivity index (χ3n) is 21.5. The van der Waals surface area contributed by atoms with E-state index >= 15 is 0 Å². The van der Waals surface area contributed by atoms with Crippen LogP contribution in [0.1, 0.15) is 167 Å². The lowest BCUT2D eigenvalue weighted by Crippen LogP contribution is -2.66. The SMILES string of the molecule is Cc1cc2c3c(c1)B(c1c(C)c(C)c(C)c(C)c1C)c1cc(-n4c5ccc(C(C)(C)C)cc5c5cc(C(C)(C)C)ccc54)ccc1N3c1ccc(-n3c4ccc(C(C)(C)C)cc4c4cc(C(C)(C)C)ccc43)cc1B2c1c(C)c(C)c(C)c(C)c1C. The molecule has 4 heterocycles. The monoisotopic (exact) mass is 1130 g/mol. The number of aryl methyl sites for hydroxylation is 1. The van der Waals surface area contributed by atoms with E-state index in [4.69, 9.17) is 0 Å². The molecule has 3 nitrogen and oxygen atoms in total. The first-order valence-electron chi connectivity index (χ1n) is 31.8. The highest BCUT2D eigenvalue weighted by Crippen LogP contribution is 2.44. The number of aromatic nitrogens is 2. The van der Waals surface area contributed by atoms with E-state index in [-0.39, 0.29) is 35.1 Å². The lowest BCUT2D eigenvalue weighted by Gasteiger charge is -2.45. The third kappa shape index (κ3) is 8.50. The zero-order valence-electron chi connectivity index (χ0n) is 56.0. The topological polar surface area (TPSA) is 13.1 Å². The summed E-state index contributed by atoms with van der Waals surface area (Å²) in [6.07, 6.45) is 0.